The minimum absolute atomic E-state index is 0.120. The normalized spacial score (nSPS) is 10.3. The van der Waals surface area contributed by atoms with Crippen molar-refractivity contribution in [2.45, 2.75) is 13.3 Å². The van der Waals surface area contributed by atoms with Crippen molar-refractivity contribution in [3.63, 3.8) is 0 Å². The number of halogens is 2. The van der Waals surface area contributed by atoms with Crippen LogP contribution in [-0.4, -0.2) is 11.8 Å². The van der Waals surface area contributed by atoms with Gasteiger partial charge in [0.1, 0.15) is 0 Å². The molecule has 2 aromatic rings. The van der Waals surface area contributed by atoms with Gasteiger partial charge in [0.05, 0.1) is 5.56 Å². The molecule has 0 aliphatic carbocycles. The summed E-state index contributed by atoms with van der Waals surface area (Å²) in [5.74, 6) is 0.479. The summed E-state index contributed by atoms with van der Waals surface area (Å²) in [5.41, 5.74) is 3.61. The van der Waals surface area contributed by atoms with Crippen molar-refractivity contribution in [2.75, 3.05) is 11.2 Å². The van der Waals surface area contributed by atoms with Crippen LogP contribution in [0, 0.1) is 6.92 Å². The van der Waals surface area contributed by atoms with Gasteiger partial charge in [-0.3, -0.25) is 4.79 Å². The molecule has 0 heterocycles. The SMILES string of the molecule is Cc1cccc(C(=O)Nc2ccc(CCCl)cc2)c1Br. The van der Waals surface area contributed by atoms with E-state index < -0.39 is 0 Å². The first-order valence-corrected chi connectivity index (χ1v) is 7.66. The van der Waals surface area contributed by atoms with Crippen molar-refractivity contribution in [3.05, 3.63) is 63.6 Å². The number of amides is 1. The van der Waals surface area contributed by atoms with Crippen molar-refractivity contribution in [1.82, 2.24) is 0 Å². The van der Waals surface area contributed by atoms with Crippen LogP contribution in [0.5, 0.6) is 0 Å². The fourth-order valence-electron chi connectivity index (χ4n) is 1.89. The van der Waals surface area contributed by atoms with Crippen molar-refractivity contribution >= 4 is 39.1 Å². The van der Waals surface area contributed by atoms with Gasteiger partial charge in [0.25, 0.3) is 5.91 Å². The van der Waals surface area contributed by atoms with E-state index in [0.29, 0.717) is 11.4 Å². The zero-order chi connectivity index (χ0) is 14.5. The molecular formula is C16H15BrClNO. The maximum absolute atomic E-state index is 12.2. The van der Waals surface area contributed by atoms with Crippen LogP contribution < -0.4 is 5.32 Å². The number of benzene rings is 2. The molecule has 0 aromatic heterocycles. The highest BCUT2D eigenvalue weighted by molar-refractivity contribution is 9.10. The molecule has 20 heavy (non-hydrogen) atoms. The Morgan fingerprint density at radius 1 is 1.20 bits per heavy atom. The number of nitrogens with one attached hydrogen (secondary N) is 1. The van der Waals surface area contributed by atoms with Crippen LogP contribution in [0.3, 0.4) is 0 Å². The molecule has 4 heteroatoms. The molecule has 0 unspecified atom stereocenters. The monoisotopic (exact) mass is 351 g/mol. The van der Waals surface area contributed by atoms with Gasteiger partial charge in [-0.15, -0.1) is 11.6 Å². The van der Waals surface area contributed by atoms with Crippen LogP contribution in [0.25, 0.3) is 0 Å². The van der Waals surface area contributed by atoms with Crippen LogP contribution >= 0.6 is 27.5 Å². The lowest BCUT2D eigenvalue weighted by Gasteiger charge is -2.09. The van der Waals surface area contributed by atoms with Gasteiger partial charge in [0.15, 0.2) is 0 Å². The zero-order valence-electron chi connectivity index (χ0n) is 11.1. The number of hydrogen-bond acceptors (Lipinski definition) is 1. The lowest BCUT2D eigenvalue weighted by molar-refractivity contribution is 0.102. The summed E-state index contributed by atoms with van der Waals surface area (Å²) in [6, 6.07) is 13.4. The lowest BCUT2D eigenvalue weighted by atomic mass is 10.1. The third-order valence-electron chi connectivity index (χ3n) is 3.03. The van der Waals surface area contributed by atoms with Gasteiger partial charge in [-0.2, -0.15) is 0 Å². The van der Waals surface area contributed by atoms with E-state index in [2.05, 4.69) is 21.2 Å². The molecule has 2 nitrogen and oxygen atoms in total. The lowest BCUT2D eigenvalue weighted by Crippen LogP contribution is -2.12. The van der Waals surface area contributed by atoms with E-state index in [9.17, 15) is 4.79 Å². The second-order valence-corrected chi connectivity index (χ2v) is 5.70. The van der Waals surface area contributed by atoms with E-state index in [-0.39, 0.29) is 5.91 Å². The summed E-state index contributed by atoms with van der Waals surface area (Å²) < 4.78 is 0.830. The standard InChI is InChI=1S/C16H15BrClNO/c1-11-3-2-4-14(15(11)17)16(20)19-13-7-5-12(6-8-13)9-10-18/h2-8H,9-10H2,1H3,(H,19,20). The average molecular weight is 353 g/mol. The van der Waals surface area contributed by atoms with E-state index in [1.54, 1.807) is 6.07 Å². The Labute approximate surface area is 132 Å². The number of carbonyl (C=O) groups is 1. The van der Waals surface area contributed by atoms with Gasteiger partial charge in [-0.25, -0.2) is 0 Å². The van der Waals surface area contributed by atoms with Crippen molar-refractivity contribution in [2.24, 2.45) is 0 Å². The molecule has 0 radical (unpaired) electrons. The first-order chi connectivity index (χ1) is 9.61. The Bertz CT molecular complexity index is 610. The van der Waals surface area contributed by atoms with E-state index in [4.69, 9.17) is 11.6 Å². The molecule has 1 amide bonds. The molecule has 1 N–H and O–H groups in total. The maximum Gasteiger partial charge on any atom is 0.256 e. The molecule has 0 aliphatic rings. The fraction of sp³-hybridized carbons (Fsp3) is 0.188. The summed E-state index contributed by atoms with van der Waals surface area (Å²) in [6.07, 6.45) is 0.833. The van der Waals surface area contributed by atoms with Gasteiger partial charge >= 0.3 is 0 Å². The third kappa shape index (κ3) is 3.62. The second-order valence-electron chi connectivity index (χ2n) is 4.53. The molecule has 2 aromatic carbocycles. The minimum atomic E-state index is -0.120. The molecule has 0 saturated carbocycles. The highest BCUT2D eigenvalue weighted by Gasteiger charge is 2.11. The molecule has 104 valence electrons. The van der Waals surface area contributed by atoms with Crippen molar-refractivity contribution in [3.8, 4) is 0 Å². The predicted molar refractivity (Wildman–Crippen MR) is 87.7 cm³/mol. The third-order valence-corrected chi connectivity index (χ3v) is 4.27. The van der Waals surface area contributed by atoms with Gasteiger partial charge in [-0.05, 0) is 58.6 Å². The highest BCUT2D eigenvalue weighted by atomic mass is 79.9. The molecule has 0 aliphatic heterocycles. The second kappa shape index (κ2) is 6.91. The quantitative estimate of drug-likeness (QED) is 0.787. The Morgan fingerprint density at radius 2 is 1.90 bits per heavy atom. The summed E-state index contributed by atoms with van der Waals surface area (Å²) in [4.78, 5) is 12.2. The fourth-order valence-corrected chi connectivity index (χ4v) is 2.55. The Kier molecular flexibility index (Phi) is 5.21. The molecule has 0 atom stereocenters. The first kappa shape index (κ1) is 15.1. The number of hydrogen-bond donors (Lipinski definition) is 1. The van der Waals surface area contributed by atoms with Crippen molar-refractivity contribution < 1.29 is 4.79 Å². The van der Waals surface area contributed by atoms with Crippen LogP contribution in [0.1, 0.15) is 21.5 Å². The van der Waals surface area contributed by atoms with E-state index in [0.717, 1.165) is 27.7 Å². The molecule has 2 rings (SSSR count). The number of carbonyl (C=O) groups excluding carboxylic acids is 1. The van der Waals surface area contributed by atoms with E-state index in [1.807, 2.05) is 43.3 Å². The van der Waals surface area contributed by atoms with E-state index in [1.165, 1.54) is 0 Å². The zero-order valence-corrected chi connectivity index (χ0v) is 13.5. The topological polar surface area (TPSA) is 29.1 Å². The molecular weight excluding hydrogens is 338 g/mol. The average Bonchev–Trinajstić information content (AvgIpc) is 2.44. The van der Waals surface area contributed by atoms with Crippen LogP contribution in [-0.2, 0) is 6.42 Å². The largest absolute Gasteiger partial charge is 0.322 e. The van der Waals surface area contributed by atoms with E-state index >= 15 is 0 Å². The van der Waals surface area contributed by atoms with Crippen LogP contribution in [0.15, 0.2) is 46.9 Å². The number of rotatable bonds is 4. The number of aryl methyl sites for hydroxylation is 2. The van der Waals surface area contributed by atoms with Gasteiger partial charge < -0.3 is 5.32 Å². The van der Waals surface area contributed by atoms with Gasteiger partial charge in [-0.1, -0.05) is 24.3 Å². The number of anilines is 1. The Balaban J connectivity index is 2.13. The highest BCUT2D eigenvalue weighted by Crippen LogP contribution is 2.22. The molecule has 0 spiro atoms. The minimum Gasteiger partial charge on any atom is -0.322 e. The molecule has 0 saturated heterocycles. The maximum atomic E-state index is 12.2. The van der Waals surface area contributed by atoms with Crippen LogP contribution in [0.4, 0.5) is 5.69 Å². The Hall–Kier alpha value is -1.32. The number of alkyl halides is 1. The van der Waals surface area contributed by atoms with Gasteiger partial charge in [0, 0.05) is 16.0 Å². The molecule has 0 fully saturated rings. The predicted octanol–water partition coefficient (Wildman–Crippen LogP) is 4.79. The summed E-state index contributed by atoms with van der Waals surface area (Å²) in [7, 11) is 0. The van der Waals surface area contributed by atoms with Crippen LogP contribution in [0.2, 0.25) is 0 Å². The van der Waals surface area contributed by atoms with Crippen molar-refractivity contribution in [1.29, 1.82) is 0 Å². The summed E-state index contributed by atoms with van der Waals surface area (Å²) in [6.45, 7) is 1.96. The van der Waals surface area contributed by atoms with Gasteiger partial charge in [0.2, 0.25) is 0 Å². The molecule has 0 bridgehead atoms. The summed E-state index contributed by atoms with van der Waals surface area (Å²) >= 11 is 9.15. The summed E-state index contributed by atoms with van der Waals surface area (Å²) in [5, 5.41) is 2.89. The first-order valence-electron chi connectivity index (χ1n) is 6.33. The smallest absolute Gasteiger partial charge is 0.256 e. The Morgan fingerprint density at radius 3 is 2.55 bits per heavy atom.